The highest BCUT2D eigenvalue weighted by molar-refractivity contribution is 5.64. The fraction of sp³-hybridized carbons (Fsp3) is 0.364. The third kappa shape index (κ3) is 4.41. The van der Waals surface area contributed by atoms with E-state index in [2.05, 4.69) is 25.7 Å². The van der Waals surface area contributed by atoms with Crippen molar-refractivity contribution in [1.29, 1.82) is 0 Å². The highest BCUT2D eigenvalue weighted by atomic mass is 19.3. The van der Waals surface area contributed by atoms with Crippen LogP contribution in [0, 0.1) is 0 Å². The number of halogens is 2. The number of hydrogen-bond donors (Lipinski definition) is 3. The van der Waals surface area contributed by atoms with Crippen molar-refractivity contribution >= 4 is 11.5 Å². The molecule has 9 nitrogen and oxygen atoms in total. The van der Waals surface area contributed by atoms with E-state index in [9.17, 15) is 13.9 Å². The molecule has 1 saturated heterocycles. The van der Waals surface area contributed by atoms with Gasteiger partial charge in [-0.1, -0.05) is 6.07 Å². The van der Waals surface area contributed by atoms with Crippen LogP contribution in [-0.4, -0.2) is 65.1 Å². The van der Waals surface area contributed by atoms with E-state index >= 15 is 0 Å². The molecule has 0 aromatic carbocycles. The molecule has 0 saturated carbocycles. The number of rotatable bonds is 6. The number of imidazole rings is 1. The maximum Gasteiger partial charge on any atom is 0.281 e. The second kappa shape index (κ2) is 7.85. The van der Waals surface area contributed by atoms with Crippen molar-refractivity contribution in [3.05, 3.63) is 48.9 Å². The Balaban J connectivity index is 1.45. The smallest absolute Gasteiger partial charge is 0.281 e. The highest BCUT2D eigenvalue weighted by Gasteiger charge is 2.44. The predicted molar refractivity (Wildman–Crippen MR) is 119 cm³/mol. The lowest BCUT2D eigenvalue weighted by Crippen LogP contribution is -2.38. The Morgan fingerprint density at radius 3 is 2.82 bits per heavy atom. The first-order valence-electron chi connectivity index (χ1n) is 10.6. The van der Waals surface area contributed by atoms with E-state index in [-0.39, 0.29) is 13.1 Å². The van der Waals surface area contributed by atoms with Crippen molar-refractivity contribution in [2.24, 2.45) is 0 Å². The molecule has 4 aromatic rings. The second-order valence-corrected chi connectivity index (χ2v) is 8.87. The Morgan fingerprint density at radius 1 is 1.21 bits per heavy atom. The number of hydrogen-bond acceptors (Lipinski definition) is 7. The minimum absolute atomic E-state index is 0.167. The van der Waals surface area contributed by atoms with Crippen LogP contribution in [0.2, 0.25) is 0 Å². The van der Waals surface area contributed by atoms with E-state index in [0.29, 0.717) is 35.1 Å². The van der Waals surface area contributed by atoms with E-state index in [0.717, 1.165) is 5.56 Å². The summed E-state index contributed by atoms with van der Waals surface area (Å²) in [5.74, 6) is -2.48. The van der Waals surface area contributed by atoms with Gasteiger partial charge in [-0.3, -0.25) is 4.68 Å². The molecule has 4 aromatic heterocycles. The third-order valence-electron chi connectivity index (χ3n) is 5.39. The topological polar surface area (TPSA) is 105 Å². The molecule has 5 heterocycles. The van der Waals surface area contributed by atoms with Gasteiger partial charge in [0.1, 0.15) is 17.6 Å². The molecule has 1 aliphatic rings. The number of anilines is 1. The molecule has 11 heteroatoms. The quantitative estimate of drug-likeness (QED) is 0.411. The van der Waals surface area contributed by atoms with Crippen LogP contribution in [0.25, 0.3) is 28.3 Å². The molecule has 1 unspecified atom stereocenters. The molecule has 0 spiro atoms. The number of aliphatic hydroxyl groups is 1. The molecule has 33 heavy (non-hydrogen) atoms. The zero-order valence-electron chi connectivity index (χ0n) is 18.2. The second-order valence-electron chi connectivity index (χ2n) is 8.87. The van der Waals surface area contributed by atoms with Crippen LogP contribution >= 0.6 is 0 Å². The van der Waals surface area contributed by atoms with Gasteiger partial charge < -0.3 is 15.7 Å². The molecule has 5 rings (SSSR count). The van der Waals surface area contributed by atoms with E-state index < -0.39 is 17.6 Å². The lowest BCUT2D eigenvalue weighted by atomic mass is 10.1. The maximum atomic E-state index is 14.0. The first kappa shape index (κ1) is 21.4. The van der Waals surface area contributed by atoms with Crippen molar-refractivity contribution in [3.63, 3.8) is 0 Å². The number of nitrogens with one attached hydrogen (secondary N) is 2. The third-order valence-corrected chi connectivity index (χ3v) is 5.39. The fourth-order valence-corrected chi connectivity index (χ4v) is 3.83. The molecule has 0 aliphatic carbocycles. The van der Waals surface area contributed by atoms with E-state index in [1.807, 2.05) is 18.3 Å². The Hall–Kier alpha value is -3.44. The lowest BCUT2D eigenvalue weighted by molar-refractivity contribution is 0.0138. The zero-order chi connectivity index (χ0) is 23.2. The summed E-state index contributed by atoms with van der Waals surface area (Å²) < 4.78 is 31.3. The average Bonchev–Trinajstić information content (AvgIpc) is 3.45. The van der Waals surface area contributed by atoms with E-state index in [1.54, 1.807) is 53.6 Å². The Bertz CT molecular complexity index is 1290. The van der Waals surface area contributed by atoms with Crippen molar-refractivity contribution in [2.75, 3.05) is 18.4 Å². The molecule has 3 N–H and O–H groups in total. The maximum absolute atomic E-state index is 14.0. The monoisotopic (exact) mass is 454 g/mol. The van der Waals surface area contributed by atoms with Crippen LogP contribution in [0.15, 0.2) is 48.9 Å². The summed E-state index contributed by atoms with van der Waals surface area (Å²) in [6, 6.07) is 7.87. The van der Waals surface area contributed by atoms with Gasteiger partial charge in [-0.15, -0.1) is 0 Å². The molecule has 1 atom stereocenters. The van der Waals surface area contributed by atoms with Crippen LogP contribution in [0.5, 0.6) is 0 Å². The van der Waals surface area contributed by atoms with Crippen molar-refractivity contribution in [3.8, 4) is 22.6 Å². The minimum atomic E-state index is -2.84. The summed E-state index contributed by atoms with van der Waals surface area (Å²) >= 11 is 0. The average molecular weight is 454 g/mol. The normalized spacial score (nSPS) is 18.2. The Labute approximate surface area is 188 Å². The summed E-state index contributed by atoms with van der Waals surface area (Å²) in [4.78, 5) is 8.92. The van der Waals surface area contributed by atoms with Crippen LogP contribution in [0.4, 0.5) is 14.6 Å². The van der Waals surface area contributed by atoms with Gasteiger partial charge in [0.15, 0.2) is 5.65 Å². The summed E-state index contributed by atoms with van der Waals surface area (Å²) in [6.07, 6.45) is 5.16. The predicted octanol–water partition coefficient (Wildman–Crippen LogP) is 2.44. The number of alkyl halides is 2. The molecule has 172 valence electrons. The number of fused-ring (bicyclic) bond motifs is 1. The molecule has 0 radical (unpaired) electrons. The Morgan fingerprint density at radius 2 is 2.06 bits per heavy atom. The summed E-state index contributed by atoms with van der Waals surface area (Å²) in [5.41, 5.74) is 2.40. The van der Waals surface area contributed by atoms with Crippen molar-refractivity contribution < 1.29 is 13.9 Å². The first-order valence-corrected chi connectivity index (χ1v) is 10.6. The van der Waals surface area contributed by atoms with Gasteiger partial charge in [-0.2, -0.15) is 10.2 Å². The summed E-state index contributed by atoms with van der Waals surface area (Å²) in [7, 11) is 0. The fourth-order valence-electron chi connectivity index (χ4n) is 3.83. The SMILES string of the molecule is CC(C)(O)Cn1cc(-c2ccc3ncc(-c4cccc(NC5CNCC5(F)F)n4)n3n2)cn1. The van der Waals surface area contributed by atoms with Gasteiger partial charge in [0, 0.05) is 18.3 Å². The first-order chi connectivity index (χ1) is 15.7. The molecule has 1 aliphatic heterocycles. The van der Waals surface area contributed by atoms with Gasteiger partial charge in [-0.25, -0.2) is 23.3 Å². The summed E-state index contributed by atoms with van der Waals surface area (Å²) in [5, 5.41) is 24.6. The standard InChI is InChI=1S/C22H24F2N8O/c1-21(2,33)13-31-11-14(8-27-31)15-6-7-20-26-9-17(32(20)30-15)16-4-3-5-19(28-16)29-18-10-25-12-22(18,23)24/h3-9,11,18,25,33H,10,12-13H2,1-2H3,(H,28,29). The van der Waals surface area contributed by atoms with E-state index in [1.165, 1.54) is 0 Å². The summed E-state index contributed by atoms with van der Waals surface area (Å²) in [6.45, 7) is 3.61. The van der Waals surface area contributed by atoms with Crippen LogP contribution in [-0.2, 0) is 6.54 Å². The number of nitrogens with zero attached hydrogens (tertiary/aromatic N) is 6. The number of aromatic nitrogens is 6. The number of pyridine rings is 1. The molecular weight excluding hydrogens is 430 g/mol. The van der Waals surface area contributed by atoms with Crippen molar-refractivity contribution in [1.82, 2.24) is 34.7 Å². The van der Waals surface area contributed by atoms with Crippen LogP contribution < -0.4 is 10.6 Å². The van der Waals surface area contributed by atoms with Crippen LogP contribution in [0.3, 0.4) is 0 Å². The van der Waals surface area contributed by atoms with E-state index in [4.69, 9.17) is 5.10 Å². The minimum Gasteiger partial charge on any atom is -0.389 e. The van der Waals surface area contributed by atoms with Gasteiger partial charge in [0.05, 0.1) is 42.5 Å². The highest BCUT2D eigenvalue weighted by Crippen LogP contribution is 2.27. The largest absolute Gasteiger partial charge is 0.389 e. The molecule has 1 fully saturated rings. The zero-order valence-corrected chi connectivity index (χ0v) is 18.2. The van der Waals surface area contributed by atoms with Gasteiger partial charge >= 0.3 is 0 Å². The molecule has 0 bridgehead atoms. The Kier molecular flexibility index (Phi) is 5.09. The molecular formula is C22H24F2N8O. The van der Waals surface area contributed by atoms with Gasteiger partial charge in [0.2, 0.25) is 0 Å². The van der Waals surface area contributed by atoms with Crippen molar-refractivity contribution in [2.45, 2.75) is 38.0 Å². The lowest BCUT2D eigenvalue weighted by Gasteiger charge is -2.19. The van der Waals surface area contributed by atoms with Gasteiger partial charge in [-0.05, 0) is 38.1 Å². The van der Waals surface area contributed by atoms with Gasteiger partial charge in [0.25, 0.3) is 5.92 Å². The van der Waals surface area contributed by atoms with Crippen LogP contribution in [0.1, 0.15) is 13.8 Å². The molecule has 0 amide bonds.